The molecule has 1 heterocycles. The maximum atomic E-state index is 12.3. The molecule has 0 aliphatic heterocycles. The highest BCUT2D eigenvalue weighted by molar-refractivity contribution is 5.24. The van der Waals surface area contributed by atoms with E-state index in [1.807, 2.05) is 0 Å². The summed E-state index contributed by atoms with van der Waals surface area (Å²) in [5.74, 6) is 0. The average molecular weight is 238 g/mol. The first kappa shape index (κ1) is 14.1. The largest absolute Gasteiger partial charge is 0.299 e. The molecule has 0 aliphatic rings. The molecule has 0 saturated heterocycles. The Morgan fingerprint density at radius 1 is 1.18 bits per heavy atom. The minimum absolute atomic E-state index is 0.0150. The third-order valence-electron chi connectivity index (χ3n) is 3.04. The molecule has 1 aromatic rings. The van der Waals surface area contributed by atoms with Gasteiger partial charge >= 0.3 is 0 Å². The van der Waals surface area contributed by atoms with Crippen LogP contribution in [0.4, 0.5) is 0 Å². The van der Waals surface area contributed by atoms with Crippen LogP contribution < -0.4 is 5.56 Å². The van der Waals surface area contributed by atoms with E-state index >= 15 is 0 Å². The molecule has 0 amide bonds. The van der Waals surface area contributed by atoms with Gasteiger partial charge in [-0.05, 0) is 12.8 Å². The van der Waals surface area contributed by atoms with Gasteiger partial charge in [0.15, 0.2) is 0 Å². The molecule has 0 unspecified atom stereocenters. The predicted molar refractivity (Wildman–Crippen MR) is 72.7 cm³/mol. The molecule has 0 fully saturated rings. The van der Waals surface area contributed by atoms with Crippen LogP contribution in [-0.4, -0.2) is 9.78 Å². The molecule has 1 aromatic heterocycles. The molecule has 0 aliphatic carbocycles. The van der Waals surface area contributed by atoms with Crippen molar-refractivity contribution >= 4 is 0 Å². The number of aromatic amines is 1. The van der Waals surface area contributed by atoms with Crippen molar-refractivity contribution in [3.05, 3.63) is 21.6 Å². The molecule has 98 valence electrons. The summed E-state index contributed by atoms with van der Waals surface area (Å²) in [6, 6.07) is 0. The van der Waals surface area contributed by atoms with Crippen molar-refractivity contribution in [2.75, 3.05) is 0 Å². The average Bonchev–Trinajstić information content (AvgIpc) is 2.54. The summed E-state index contributed by atoms with van der Waals surface area (Å²) in [6.07, 6.45) is 4.06. The molecule has 3 heteroatoms. The zero-order valence-corrected chi connectivity index (χ0v) is 11.9. The van der Waals surface area contributed by atoms with E-state index in [4.69, 9.17) is 0 Å². The van der Waals surface area contributed by atoms with Gasteiger partial charge in [0.05, 0.1) is 0 Å². The fourth-order valence-electron chi connectivity index (χ4n) is 2.10. The number of rotatable bonds is 5. The Bertz CT molecular complexity index is 407. The Balaban J connectivity index is 3.16. The first-order valence-corrected chi connectivity index (χ1v) is 6.74. The number of nitrogens with zero attached hydrogens (tertiary/aromatic N) is 1. The fraction of sp³-hybridized carbons (Fsp3) is 0.786. The van der Waals surface area contributed by atoms with Crippen molar-refractivity contribution in [2.24, 2.45) is 0 Å². The van der Waals surface area contributed by atoms with Crippen LogP contribution in [0.3, 0.4) is 0 Å². The van der Waals surface area contributed by atoms with Crippen molar-refractivity contribution in [1.82, 2.24) is 9.78 Å². The highest BCUT2D eigenvalue weighted by Crippen LogP contribution is 2.23. The lowest BCUT2D eigenvalue weighted by Crippen LogP contribution is -2.19. The number of aromatic nitrogens is 2. The van der Waals surface area contributed by atoms with Crippen LogP contribution in [0.15, 0.2) is 4.79 Å². The number of hydrogen-bond donors (Lipinski definition) is 1. The monoisotopic (exact) mass is 238 g/mol. The second-order valence-corrected chi connectivity index (χ2v) is 5.78. The zero-order chi connectivity index (χ0) is 13.1. The van der Waals surface area contributed by atoms with E-state index in [-0.39, 0.29) is 11.0 Å². The van der Waals surface area contributed by atoms with Gasteiger partial charge in [0, 0.05) is 23.2 Å². The molecule has 3 nitrogen and oxygen atoms in total. The molecular weight excluding hydrogens is 212 g/mol. The van der Waals surface area contributed by atoms with Crippen molar-refractivity contribution in [3.8, 4) is 0 Å². The van der Waals surface area contributed by atoms with Gasteiger partial charge in [-0.2, -0.15) is 0 Å². The third-order valence-corrected chi connectivity index (χ3v) is 3.04. The van der Waals surface area contributed by atoms with Crippen LogP contribution in [0, 0.1) is 0 Å². The van der Waals surface area contributed by atoms with Crippen LogP contribution in [0.5, 0.6) is 0 Å². The number of unbranched alkanes of at least 4 members (excludes halogenated alkanes) is 1. The highest BCUT2D eigenvalue weighted by atomic mass is 16.1. The zero-order valence-electron chi connectivity index (χ0n) is 11.9. The minimum Gasteiger partial charge on any atom is -0.299 e. The van der Waals surface area contributed by atoms with E-state index < -0.39 is 0 Å². The van der Waals surface area contributed by atoms with E-state index in [1.54, 1.807) is 4.68 Å². The topological polar surface area (TPSA) is 37.8 Å². The first-order chi connectivity index (χ1) is 7.91. The van der Waals surface area contributed by atoms with Crippen LogP contribution in [0.25, 0.3) is 0 Å². The van der Waals surface area contributed by atoms with E-state index in [0.717, 1.165) is 43.5 Å². The van der Waals surface area contributed by atoms with Crippen molar-refractivity contribution in [3.63, 3.8) is 0 Å². The van der Waals surface area contributed by atoms with Crippen LogP contribution in [0.1, 0.15) is 65.1 Å². The smallest absolute Gasteiger partial charge is 0.269 e. The molecule has 0 spiro atoms. The van der Waals surface area contributed by atoms with Crippen molar-refractivity contribution in [2.45, 2.75) is 72.3 Å². The van der Waals surface area contributed by atoms with E-state index in [1.165, 1.54) is 0 Å². The lowest BCUT2D eigenvalue weighted by Gasteiger charge is -2.18. The van der Waals surface area contributed by atoms with Crippen LogP contribution in [0.2, 0.25) is 0 Å². The first-order valence-electron chi connectivity index (χ1n) is 6.74. The van der Waals surface area contributed by atoms with Gasteiger partial charge in [0.25, 0.3) is 5.56 Å². The molecular formula is C14H26N2O. The lowest BCUT2D eigenvalue weighted by molar-refractivity contribution is 0.512. The summed E-state index contributed by atoms with van der Waals surface area (Å²) in [6.45, 7) is 11.5. The number of hydrogen-bond acceptors (Lipinski definition) is 1. The fourth-order valence-corrected chi connectivity index (χ4v) is 2.10. The van der Waals surface area contributed by atoms with E-state index in [0.29, 0.717) is 0 Å². The number of nitrogens with one attached hydrogen (secondary N) is 1. The van der Waals surface area contributed by atoms with E-state index in [2.05, 4.69) is 39.7 Å². The SMILES string of the molecule is CCCCn1[nH]c(C(C)(C)C)c(CCC)c1=O. The Labute approximate surface area is 104 Å². The summed E-state index contributed by atoms with van der Waals surface area (Å²) in [5.41, 5.74) is 2.29. The van der Waals surface area contributed by atoms with Crippen LogP contribution >= 0.6 is 0 Å². The Kier molecular flexibility index (Phi) is 4.61. The summed E-state index contributed by atoms with van der Waals surface area (Å²) in [5, 5.41) is 3.31. The molecule has 1 N–H and O–H groups in total. The molecule has 0 atom stereocenters. The van der Waals surface area contributed by atoms with E-state index in [9.17, 15) is 4.79 Å². The molecule has 0 radical (unpaired) electrons. The third kappa shape index (κ3) is 3.24. The van der Waals surface area contributed by atoms with Gasteiger partial charge in [0.2, 0.25) is 0 Å². The summed E-state index contributed by atoms with van der Waals surface area (Å²) in [7, 11) is 0. The molecule has 0 bridgehead atoms. The number of aryl methyl sites for hydroxylation is 1. The minimum atomic E-state index is 0.0150. The molecule has 17 heavy (non-hydrogen) atoms. The lowest BCUT2D eigenvalue weighted by atomic mass is 9.88. The Hall–Kier alpha value is -0.990. The van der Waals surface area contributed by atoms with Gasteiger partial charge in [0.1, 0.15) is 0 Å². The second kappa shape index (κ2) is 5.56. The van der Waals surface area contributed by atoms with Gasteiger partial charge < -0.3 is 0 Å². The summed E-state index contributed by atoms with van der Waals surface area (Å²) in [4.78, 5) is 12.3. The summed E-state index contributed by atoms with van der Waals surface area (Å²) >= 11 is 0. The molecule has 0 saturated carbocycles. The number of H-pyrrole nitrogens is 1. The summed E-state index contributed by atoms with van der Waals surface area (Å²) < 4.78 is 1.79. The standard InChI is InChI=1S/C14H26N2O/c1-6-8-10-16-13(17)11(9-7-2)12(15-16)14(3,4)5/h15H,6-10H2,1-5H3. The predicted octanol–water partition coefficient (Wildman–Crippen LogP) is 3.23. The Morgan fingerprint density at radius 2 is 1.82 bits per heavy atom. The maximum Gasteiger partial charge on any atom is 0.269 e. The van der Waals surface area contributed by atoms with Crippen molar-refractivity contribution in [1.29, 1.82) is 0 Å². The van der Waals surface area contributed by atoms with Gasteiger partial charge in [-0.1, -0.05) is 47.5 Å². The normalized spacial score (nSPS) is 12.1. The van der Waals surface area contributed by atoms with Gasteiger partial charge in [-0.15, -0.1) is 0 Å². The van der Waals surface area contributed by atoms with Crippen molar-refractivity contribution < 1.29 is 0 Å². The second-order valence-electron chi connectivity index (χ2n) is 5.78. The van der Waals surface area contributed by atoms with Crippen LogP contribution in [-0.2, 0) is 18.4 Å². The van der Waals surface area contributed by atoms with Gasteiger partial charge in [-0.3, -0.25) is 14.6 Å². The molecule has 0 aromatic carbocycles. The Morgan fingerprint density at radius 3 is 2.29 bits per heavy atom. The highest BCUT2D eigenvalue weighted by Gasteiger charge is 2.23. The quantitative estimate of drug-likeness (QED) is 0.840. The molecule has 1 rings (SSSR count). The maximum absolute atomic E-state index is 12.3. The van der Waals surface area contributed by atoms with Gasteiger partial charge in [-0.25, -0.2) is 0 Å².